The van der Waals surface area contributed by atoms with Gasteiger partial charge < -0.3 is 10.1 Å². The summed E-state index contributed by atoms with van der Waals surface area (Å²) >= 11 is 0. The molecule has 0 spiro atoms. The zero-order valence-electron chi connectivity index (χ0n) is 11.6. The van der Waals surface area contributed by atoms with Gasteiger partial charge in [0.1, 0.15) is 0 Å². The summed E-state index contributed by atoms with van der Waals surface area (Å²) in [6.07, 6.45) is 7.41. The lowest BCUT2D eigenvalue weighted by atomic mass is 9.87. The highest BCUT2D eigenvalue weighted by molar-refractivity contribution is 4.99. The number of nitrogens with zero attached hydrogens (tertiary/aromatic N) is 2. The van der Waals surface area contributed by atoms with Gasteiger partial charge in [0.25, 0.3) is 0 Å². The predicted molar refractivity (Wildman–Crippen MR) is 72.5 cm³/mol. The van der Waals surface area contributed by atoms with Crippen molar-refractivity contribution in [1.82, 2.24) is 15.1 Å². The molecule has 0 bridgehead atoms. The summed E-state index contributed by atoms with van der Waals surface area (Å²) in [4.78, 5) is 0. The van der Waals surface area contributed by atoms with E-state index < -0.39 is 0 Å². The van der Waals surface area contributed by atoms with E-state index in [4.69, 9.17) is 4.74 Å². The van der Waals surface area contributed by atoms with Crippen LogP contribution in [0.4, 0.5) is 0 Å². The molecule has 1 aliphatic rings. The number of aromatic nitrogens is 2. The van der Waals surface area contributed by atoms with E-state index in [9.17, 15) is 0 Å². The predicted octanol–water partition coefficient (Wildman–Crippen LogP) is 2.37. The van der Waals surface area contributed by atoms with Gasteiger partial charge in [-0.25, -0.2) is 0 Å². The minimum atomic E-state index is 0.612. The standard InChI is InChI=1S/C14H25N3O/c1-12-4-3-5-14(10-12)17-8-6-13(16-17)11-15-7-9-18-2/h6,8,12,14-15H,3-5,7,9-11H2,1-2H3. The maximum atomic E-state index is 5.00. The first-order chi connectivity index (χ1) is 8.79. The first-order valence-electron chi connectivity index (χ1n) is 7.03. The normalized spacial score (nSPS) is 24.3. The van der Waals surface area contributed by atoms with Crippen molar-refractivity contribution in [3.05, 3.63) is 18.0 Å². The first-order valence-corrected chi connectivity index (χ1v) is 7.03. The largest absolute Gasteiger partial charge is 0.383 e. The van der Waals surface area contributed by atoms with Crippen LogP contribution in [0.1, 0.15) is 44.3 Å². The smallest absolute Gasteiger partial charge is 0.0762 e. The van der Waals surface area contributed by atoms with Crippen LogP contribution in [0.25, 0.3) is 0 Å². The third-order valence-corrected chi connectivity index (χ3v) is 3.74. The van der Waals surface area contributed by atoms with E-state index in [0.29, 0.717) is 6.04 Å². The lowest BCUT2D eigenvalue weighted by molar-refractivity contribution is 0.199. The molecule has 102 valence electrons. The summed E-state index contributed by atoms with van der Waals surface area (Å²) in [6, 6.07) is 2.74. The van der Waals surface area contributed by atoms with E-state index in [1.165, 1.54) is 25.7 Å². The van der Waals surface area contributed by atoms with Gasteiger partial charge in [0.2, 0.25) is 0 Å². The number of rotatable bonds is 6. The number of ether oxygens (including phenoxy) is 1. The van der Waals surface area contributed by atoms with Gasteiger partial charge in [-0.1, -0.05) is 19.8 Å². The molecule has 1 saturated carbocycles. The molecule has 1 aromatic heterocycles. The Kier molecular flexibility index (Phi) is 5.20. The van der Waals surface area contributed by atoms with Gasteiger partial charge >= 0.3 is 0 Å². The highest BCUT2D eigenvalue weighted by Crippen LogP contribution is 2.31. The third kappa shape index (κ3) is 3.82. The summed E-state index contributed by atoms with van der Waals surface area (Å²) < 4.78 is 7.17. The fourth-order valence-electron chi connectivity index (χ4n) is 2.71. The van der Waals surface area contributed by atoms with Gasteiger partial charge in [0, 0.05) is 26.4 Å². The SMILES string of the molecule is COCCNCc1ccn(C2CCCC(C)C2)n1. The Morgan fingerprint density at radius 3 is 3.17 bits per heavy atom. The van der Waals surface area contributed by atoms with Gasteiger partial charge in [-0.15, -0.1) is 0 Å². The Hall–Kier alpha value is -0.870. The maximum Gasteiger partial charge on any atom is 0.0762 e. The number of hydrogen-bond acceptors (Lipinski definition) is 3. The molecule has 2 unspecified atom stereocenters. The summed E-state index contributed by atoms with van der Waals surface area (Å²) in [5.41, 5.74) is 1.13. The highest BCUT2D eigenvalue weighted by atomic mass is 16.5. The van der Waals surface area contributed by atoms with Gasteiger partial charge in [-0.3, -0.25) is 4.68 Å². The second-order valence-corrected chi connectivity index (χ2v) is 5.38. The second-order valence-electron chi connectivity index (χ2n) is 5.38. The van der Waals surface area contributed by atoms with Crippen LogP contribution in [0.3, 0.4) is 0 Å². The van der Waals surface area contributed by atoms with E-state index >= 15 is 0 Å². The molecule has 0 radical (unpaired) electrons. The molecular weight excluding hydrogens is 226 g/mol. The number of nitrogens with one attached hydrogen (secondary N) is 1. The average Bonchev–Trinajstić information content (AvgIpc) is 2.83. The van der Waals surface area contributed by atoms with Gasteiger partial charge in [-0.05, 0) is 24.8 Å². The molecule has 4 nitrogen and oxygen atoms in total. The molecule has 1 aromatic rings. The molecule has 0 aliphatic heterocycles. The lowest BCUT2D eigenvalue weighted by Crippen LogP contribution is -2.20. The molecule has 18 heavy (non-hydrogen) atoms. The first kappa shape index (κ1) is 13.6. The quantitative estimate of drug-likeness (QED) is 0.789. The number of methoxy groups -OCH3 is 1. The Bertz CT molecular complexity index is 351. The maximum absolute atomic E-state index is 5.00. The number of hydrogen-bond donors (Lipinski definition) is 1. The van der Waals surface area contributed by atoms with Crippen LogP contribution in [0.2, 0.25) is 0 Å². The van der Waals surface area contributed by atoms with Crippen LogP contribution in [0, 0.1) is 5.92 Å². The Morgan fingerprint density at radius 1 is 1.50 bits per heavy atom. The molecule has 1 N–H and O–H groups in total. The van der Waals surface area contributed by atoms with Crippen molar-refractivity contribution in [3.8, 4) is 0 Å². The Morgan fingerprint density at radius 2 is 2.39 bits per heavy atom. The fourth-order valence-corrected chi connectivity index (χ4v) is 2.71. The van der Waals surface area contributed by atoms with Crippen molar-refractivity contribution >= 4 is 0 Å². The summed E-state index contributed by atoms with van der Waals surface area (Å²) in [6.45, 7) is 4.81. The molecule has 2 atom stereocenters. The van der Waals surface area contributed by atoms with Gasteiger partial charge in [0.05, 0.1) is 18.3 Å². The summed E-state index contributed by atoms with van der Waals surface area (Å²) in [7, 11) is 1.72. The van der Waals surface area contributed by atoms with Crippen LogP contribution in [0.15, 0.2) is 12.3 Å². The van der Waals surface area contributed by atoms with Crippen molar-refractivity contribution in [3.63, 3.8) is 0 Å². The van der Waals surface area contributed by atoms with Crippen molar-refractivity contribution in [1.29, 1.82) is 0 Å². The van der Waals surface area contributed by atoms with Gasteiger partial charge in [0.15, 0.2) is 0 Å². The Labute approximate surface area is 110 Å². The van der Waals surface area contributed by atoms with Crippen LogP contribution < -0.4 is 5.32 Å². The van der Waals surface area contributed by atoms with Crippen molar-refractivity contribution in [2.75, 3.05) is 20.3 Å². The van der Waals surface area contributed by atoms with Crippen molar-refractivity contribution < 1.29 is 4.74 Å². The molecule has 1 aliphatic carbocycles. The molecule has 1 fully saturated rings. The van der Waals surface area contributed by atoms with Gasteiger partial charge in [-0.2, -0.15) is 5.10 Å². The monoisotopic (exact) mass is 251 g/mol. The van der Waals surface area contributed by atoms with Crippen LogP contribution in [-0.2, 0) is 11.3 Å². The second kappa shape index (κ2) is 6.90. The highest BCUT2D eigenvalue weighted by Gasteiger charge is 2.20. The van der Waals surface area contributed by atoms with E-state index in [2.05, 4.69) is 34.3 Å². The minimum absolute atomic E-state index is 0.612. The average molecular weight is 251 g/mol. The molecule has 1 heterocycles. The van der Waals surface area contributed by atoms with Crippen molar-refractivity contribution in [2.45, 2.75) is 45.2 Å². The minimum Gasteiger partial charge on any atom is -0.383 e. The van der Waals surface area contributed by atoms with Crippen LogP contribution >= 0.6 is 0 Å². The summed E-state index contributed by atoms with van der Waals surface area (Å²) in [5, 5.41) is 8.01. The van der Waals surface area contributed by atoms with Crippen LogP contribution in [0.5, 0.6) is 0 Å². The molecule has 0 saturated heterocycles. The Balaban J connectivity index is 1.81. The summed E-state index contributed by atoms with van der Waals surface area (Å²) in [5.74, 6) is 0.844. The zero-order valence-corrected chi connectivity index (χ0v) is 11.6. The molecular formula is C14H25N3O. The van der Waals surface area contributed by atoms with E-state index in [0.717, 1.165) is 31.3 Å². The zero-order chi connectivity index (χ0) is 12.8. The van der Waals surface area contributed by atoms with E-state index in [-0.39, 0.29) is 0 Å². The third-order valence-electron chi connectivity index (χ3n) is 3.74. The van der Waals surface area contributed by atoms with Crippen LogP contribution in [-0.4, -0.2) is 30.0 Å². The fraction of sp³-hybridized carbons (Fsp3) is 0.786. The molecule has 2 rings (SSSR count). The molecule has 0 amide bonds. The van der Waals surface area contributed by atoms with E-state index in [1.807, 2.05) is 0 Å². The van der Waals surface area contributed by atoms with Crippen molar-refractivity contribution in [2.24, 2.45) is 5.92 Å². The van der Waals surface area contributed by atoms with E-state index in [1.54, 1.807) is 7.11 Å². The molecule has 4 heteroatoms. The topological polar surface area (TPSA) is 39.1 Å². The lowest BCUT2D eigenvalue weighted by Gasteiger charge is -2.26. The molecule has 0 aromatic carbocycles.